The summed E-state index contributed by atoms with van der Waals surface area (Å²) in [6, 6.07) is -0.262. The van der Waals surface area contributed by atoms with Gasteiger partial charge in [0.2, 0.25) is 0 Å². The summed E-state index contributed by atoms with van der Waals surface area (Å²) in [6.07, 6.45) is -0.854. The zero-order chi connectivity index (χ0) is 8.93. The average Bonchev–Trinajstić information content (AvgIpc) is 2.33. The minimum atomic E-state index is -2.98. The van der Waals surface area contributed by atoms with E-state index in [0.29, 0.717) is 0 Å². The van der Waals surface area contributed by atoms with Gasteiger partial charge in [-0.2, -0.15) is 0 Å². The molecule has 2 aliphatic heterocycles. The van der Waals surface area contributed by atoms with E-state index in [0.717, 1.165) is 0 Å². The molecule has 2 saturated heterocycles. The van der Waals surface area contributed by atoms with Crippen molar-refractivity contribution in [1.82, 2.24) is 4.90 Å². The molecule has 0 N–H and O–H groups in total. The number of hydrogen-bond donors (Lipinski definition) is 0. The molecule has 0 aromatic heterocycles. The van der Waals surface area contributed by atoms with Crippen LogP contribution in [0.2, 0.25) is 0 Å². The van der Waals surface area contributed by atoms with Crippen LogP contribution in [0.25, 0.3) is 0 Å². The van der Waals surface area contributed by atoms with Crippen molar-refractivity contribution in [2.45, 2.75) is 12.1 Å². The lowest BCUT2D eigenvalue weighted by Gasteiger charge is -2.11. The van der Waals surface area contributed by atoms with Crippen LogP contribution in [0.5, 0.6) is 0 Å². The Morgan fingerprint density at radius 3 is 2.75 bits per heavy atom. The zero-order valence-corrected chi connectivity index (χ0v) is 7.37. The molecule has 2 rings (SSSR count). The van der Waals surface area contributed by atoms with Gasteiger partial charge in [-0.25, -0.2) is 13.2 Å². The lowest BCUT2D eigenvalue weighted by atomic mass is 10.2. The number of nitrogens with zero attached hydrogens (tertiary/aromatic N) is 1. The summed E-state index contributed by atoms with van der Waals surface area (Å²) in [4.78, 5) is 12.3. The Morgan fingerprint density at radius 1 is 1.50 bits per heavy atom. The molecule has 2 aliphatic rings. The first-order valence-electron chi connectivity index (χ1n) is 3.63. The fourth-order valence-corrected chi connectivity index (χ4v) is 3.50. The van der Waals surface area contributed by atoms with Crippen LogP contribution in [0.4, 0.5) is 4.79 Å². The van der Waals surface area contributed by atoms with Crippen LogP contribution in [-0.4, -0.2) is 50.1 Å². The number of sulfone groups is 1. The molecule has 0 aromatic carbocycles. The fourth-order valence-electron chi connectivity index (χ4n) is 1.62. The van der Waals surface area contributed by atoms with Crippen molar-refractivity contribution in [2.75, 3.05) is 18.6 Å². The normalized spacial score (nSPS) is 38.1. The number of carbonyl (C=O) groups is 1. The molecular weight excluding hydrogens is 182 g/mol. The lowest BCUT2D eigenvalue weighted by molar-refractivity contribution is 0.141. The standard InChI is InChI=1S/C6H9NO4S/c1-7-4-2-12(9,10)3-5(4)11-6(7)8/h4-5H,2-3H2,1H3/t4-,5+/m1/s1. The maximum Gasteiger partial charge on any atom is 0.410 e. The summed E-state index contributed by atoms with van der Waals surface area (Å²) in [5, 5.41) is 0. The number of carbonyl (C=O) groups excluding carboxylic acids is 1. The van der Waals surface area contributed by atoms with E-state index >= 15 is 0 Å². The van der Waals surface area contributed by atoms with Crippen LogP contribution in [-0.2, 0) is 14.6 Å². The number of rotatable bonds is 0. The number of ether oxygens (including phenoxy) is 1. The van der Waals surface area contributed by atoms with Crippen LogP contribution in [0, 0.1) is 0 Å². The van der Waals surface area contributed by atoms with E-state index in [1.54, 1.807) is 7.05 Å². The molecule has 0 spiro atoms. The number of likely N-dealkylation sites (N-methyl/N-ethyl adjacent to an activating group) is 1. The predicted molar refractivity (Wildman–Crippen MR) is 40.5 cm³/mol. The molecule has 6 heteroatoms. The second-order valence-corrected chi connectivity index (χ2v) is 5.33. The van der Waals surface area contributed by atoms with Gasteiger partial charge in [-0.3, -0.25) is 0 Å². The molecule has 0 aromatic rings. The predicted octanol–water partition coefficient (Wildman–Crippen LogP) is -0.766. The third-order valence-electron chi connectivity index (χ3n) is 2.31. The van der Waals surface area contributed by atoms with Crippen molar-refractivity contribution < 1.29 is 17.9 Å². The van der Waals surface area contributed by atoms with Crippen LogP contribution >= 0.6 is 0 Å². The van der Waals surface area contributed by atoms with Crippen molar-refractivity contribution in [1.29, 1.82) is 0 Å². The van der Waals surface area contributed by atoms with E-state index in [1.807, 2.05) is 0 Å². The third-order valence-corrected chi connectivity index (χ3v) is 4.00. The molecule has 0 radical (unpaired) electrons. The SMILES string of the molecule is CN1C(=O)O[C@H]2CS(=O)(=O)C[C@H]21. The summed E-state index contributed by atoms with van der Waals surface area (Å²) in [6.45, 7) is 0. The number of hydrogen-bond acceptors (Lipinski definition) is 4. The van der Waals surface area contributed by atoms with E-state index in [1.165, 1.54) is 4.90 Å². The van der Waals surface area contributed by atoms with Gasteiger partial charge in [0.05, 0.1) is 17.5 Å². The Bertz CT molecular complexity index is 322. The topological polar surface area (TPSA) is 63.7 Å². The maximum atomic E-state index is 11.1. The molecule has 68 valence electrons. The third kappa shape index (κ3) is 0.979. The first-order valence-corrected chi connectivity index (χ1v) is 5.45. The molecule has 12 heavy (non-hydrogen) atoms. The Kier molecular flexibility index (Phi) is 1.39. The van der Waals surface area contributed by atoms with E-state index < -0.39 is 22.0 Å². The molecule has 0 saturated carbocycles. The molecule has 5 nitrogen and oxygen atoms in total. The summed E-state index contributed by atoms with van der Waals surface area (Å²) >= 11 is 0. The molecule has 0 aliphatic carbocycles. The second kappa shape index (κ2) is 2.12. The number of fused-ring (bicyclic) bond motifs is 1. The summed E-state index contributed by atoms with van der Waals surface area (Å²) in [7, 11) is -1.42. The van der Waals surface area contributed by atoms with Gasteiger partial charge in [-0.05, 0) is 0 Å². The van der Waals surface area contributed by atoms with Gasteiger partial charge in [-0.15, -0.1) is 0 Å². The summed E-state index contributed by atoms with van der Waals surface area (Å²) in [5.41, 5.74) is 0. The van der Waals surface area contributed by atoms with Crippen molar-refractivity contribution >= 4 is 15.9 Å². The highest BCUT2D eigenvalue weighted by atomic mass is 32.2. The molecule has 0 bridgehead atoms. The van der Waals surface area contributed by atoms with Crippen LogP contribution < -0.4 is 0 Å². The van der Waals surface area contributed by atoms with Gasteiger partial charge in [0.15, 0.2) is 9.84 Å². The Hall–Kier alpha value is -0.780. The molecule has 0 unspecified atom stereocenters. The van der Waals surface area contributed by atoms with Gasteiger partial charge < -0.3 is 9.64 Å². The highest BCUT2D eigenvalue weighted by Crippen LogP contribution is 2.26. The first kappa shape index (κ1) is 7.85. The molecule has 1 amide bonds. The zero-order valence-electron chi connectivity index (χ0n) is 6.56. The van der Waals surface area contributed by atoms with E-state index in [4.69, 9.17) is 4.74 Å². The summed E-state index contributed by atoms with van der Waals surface area (Å²) < 4.78 is 27.0. The Morgan fingerprint density at radius 2 is 2.17 bits per heavy atom. The van der Waals surface area contributed by atoms with Gasteiger partial charge in [-0.1, -0.05) is 0 Å². The van der Waals surface area contributed by atoms with Crippen molar-refractivity contribution in [2.24, 2.45) is 0 Å². The highest BCUT2D eigenvalue weighted by Gasteiger charge is 2.49. The van der Waals surface area contributed by atoms with Crippen LogP contribution in [0.3, 0.4) is 0 Å². The van der Waals surface area contributed by atoms with Gasteiger partial charge in [0, 0.05) is 7.05 Å². The minimum Gasteiger partial charge on any atom is -0.443 e. The number of amides is 1. The molecule has 2 heterocycles. The van der Waals surface area contributed by atoms with E-state index in [2.05, 4.69) is 0 Å². The van der Waals surface area contributed by atoms with E-state index in [-0.39, 0.29) is 17.5 Å². The van der Waals surface area contributed by atoms with E-state index in [9.17, 15) is 13.2 Å². The fraction of sp³-hybridized carbons (Fsp3) is 0.833. The van der Waals surface area contributed by atoms with Gasteiger partial charge in [0.1, 0.15) is 6.10 Å². The minimum absolute atomic E-state index is 0.0201. The smallest absolute Gasteiger partial charge is 0.410 e. The quantitative estimate of drug-likeness (QED) is 0.504. The van der Waals surface area contributed by atoms with Gasteiger partial charge in [0.25, 0.3) is 0 Å². The van der Waals surface area contributed by atoms with Crippen molar-refractivity contribution in [3.05, 3.63) is 0 Å². The molecule has 2 fully saturated rings. The van der Waals surface area contributed by atoms with Crippen molar-refractivity contribution in [3.8, 4) is 0 Å². The lowest BCUT2D eigenvalue weighted by Crippen LogP contribution is -2.33. The largest absolute Gasteiger partial charge is 0.443 e. The van der Waals surface area contributed by atoms with Crippen LogP contribution in [0.1, 0.15) is 0 Å². The maximum absolute atomic E-state index is 11.1. The van der Waals surface area contributed by atoms with Gasteiger partial charge >= 0.3 is 6.09 Å². The Balaban J connectivity index is 2.27. The highest BCUT2D eigenvalue weighted by molar-refractivity contribution is 7.91. The monoisotopic (exact) mass is 191 g/mol. The van der Waals surface area contributed by atoms with Crippen molar-refractivity contribution in [3.63, 3.8) is 0 Å². The molecular formula is C6H9NO4S. The van der Waals surface area contributed by atoms with Crippen LogP contribution in [0.15, 0.2) is 0 Å². The molecule has 2 atom stereocenters. The Labute approximate surface area is 70.2 Å². The first-order chi connectivity index (χ1) is 5.49. The average molecular weight is 191 g/mol. The second-order valence-electron chi connectivity index (χ2n) is 3.18. The summed E-state index contributed by atoms with van der Waals surface area (Å²) in [5.74, 6) is 0.0215.